The van der Waals surface area contributed by atoms with Crippen molar-refractivity contribution < 1.29 is 21.6 Å². The van der Waals surface area contributed by atoms with E-state index in [-0.39, 0.29) is 23.8 Å². The molecule has 37 heavy (non-hydrogen) atoms. The van der Waals surface area contributed by atoms with Crippen molar-refractivity contribution in [1.82, 2.24) is 24.1 Å². The highest BCUT2D eigenvalue weighted by molar-refractivity contribution is 7.89. The topological polar surface area (TPSA) is 129 Å². The zero-order valence-electron chi connectivity index (χ0n) is 19.9. The number of aryl methyl sites for hydroxylation is 1. The number of nitrogens with one attached hydrogen (secondary N) is 1. The number of nitrogen functional groups attached to an aromatic ring is 1. The van der Waals surface area contributed by atoms with Gasteiger partial charge in [0, 0.05) is 35.7 Å². The maximum Gasteiger partial charge on any atom is 0.408 e. The van der Waals surface area contributed by atoms with E-state index in [2.05, 4.69) is 25.4 Å². The average Bonchev–Trinajstić information content (AvgIpc) is 3.46. The Balaban J connectivity index is 1.43. The zero-order chi connectivity index (χ0) is 26.5. The lowest BCUT2D eigenvalue weighted by Crippen LogP contribution is -2.38. The summed E-state index contributed by atoms with van der Waals surface area (Å²) in [6.07, 6.45) is 3.01. The molecule has 1 aliphatic rings. The number of nitrogens with zero attached hydrogens (tertiary/aromatic N) is 5. The Morgan fingerprint density at radius 2 is 2.03 bits per heavy atom. The molecule has 0 radical (unpaired) electrons. The van der Waals surface area contributed by atoms with Crippen molar-refractivity contribution in [3.8, 4) is 11.3 Å². The molecular weight excluding hydrogens is 507 g/mol. The highest BCUT2D eigenvalue weighted by Gasteiger charge is 2.55. The van der Waals surface area contributed by atoms with Crippen molar-refractivity contribution in [1.29, 1.82) is 0 Å². The first kappa shape index (κ1) is 24.9. The van der Waals surface area contributed by atoms with Crippen LogP contribution in [-0.2, 0) is 10.0 Å². The number of alkyl halides is 3. The number of hydrogen-bond acceptors (Lipinski definition) is 8. The van der Waals surface area contributed by atoms with Gasteiger partial charge < -0.3 is 11.1 Å². The highest BCUT2D eigenvalue weighted by Crippen LogP contribution is 2.53. The Hall–Kier alpha value is -3.74. The Bertz CT molecular complexity index is 1590. The number of rotatable bonds is 7. The SMILES string of the molecule is CCS(=O)(=O)n1cc(C2CC2C(Nc2cc3cc(-c4cnccc4C)nc(N)c3cn2)C(F)(F)F)cn1. The second-order valence-corrected chi connectivity index (χ2v) is 11.2. The maximum absolute atomic E-state index is 14.1. The molecule has 3 atom stereocenters. The molecule has 4 heterocycles. The van der Waals surface area contributed by atoms with Crippen LogP contribution in [0, 0.1) is 12.8 Å². The van der Waals surface area contributed by atoms with E-state index < -0.39 is 34.1 Å². The van der Waals surface area contributed by atoms with Crippen LogP contribution in [0.1, 0.15) is 30.4 Å². The predicted molar refractivity (Wildman–Crippen MR) is 133 cm³/mol. The quantitative estimate of drug-likeness (QED) is 0.364. The molecule has 13 heteroatoms. The van der Waals surface area contributed by atoms with E-state index in [1.807, 2.05) is 13.0 Å². The Labute approximate surface area is 211 Å². The summed E-state index contributed by atoms with van der Waals surface area (Å²) in [5.41, 5.74) is 8.84. The number of pyridine rings is 3. The van der Waals surface area contributed by atoms with E-state index in [1.165, 1.54) is 31.6 Å². The zero-order valence-corrected chi connectivity index (χ0v) is 20.8. The third-order valence-corrected chi connectivity index (χ3v) is 8.14. The number of fused-ring (bicyclic) bond motifs is 1. The lowest BCUT2D eigenvalue weighted by Gasteiger charge is -2.22. The second-order valence-electron chi connectivity index (χ2n) is 9.09. The number of nitrogens with two attached hydrogens (primary N) is 1. The first-order valence-electron chi connectivity index (χ1n) is 11.6. The monoisotopic (exact) mass is 531 g/mol. The molecule has 0 aromatic carbocycles. The van der Waals surface area contributed by atoms with Gasteiger partial charge in [0.25, 0.3) is 10.0 Å². The number of hydrogen-bond donors (Lipinski definition) is 2. The molecule has 1 saturated carbocycles. The van der Waals surface area contributed by atoms with Gasteiger partial charge in [-0.2, -0.15) is 22.4 Å². The molecule has 9 nitrogen and oxygen atoms in total. The molecule has 5 rings (SSSR count). The van der Waals surface area contributed by atoms with Gasteiger partial charge in [-0.05, 0) is 66.8 Å². The second kappa shape index (κ2) is 8.98. The van der Waals surface area contributed by atoms with Crippen LogP contribution in [0.3, 0.4) is 0 Å². The van der Waals surface area contributed by atoms with Crippen LogP contribution in [0.15, 0.2) is 49.2 Å². The van der Waals surface area contributed by atoms with Crippen LogP contribution in [0.2, 0.25) is 0 Å². The third kappa shape index (κ3) is 4.82. The Kier molecular flexibility index (Phi) is 6.05. The predicted octanol–water partition coefficient (Wildman–Crippen LogP) is 4.12. The summed E-state index contributed by atoms with van der Waals surface area (Å²) in [4.78, 5) is 12.7. The molecule has 1 fully saturated rings. The van der Waals surface area contributed by atoms with Crippen molar-refractivity contribution in [2.75, 3.05) is 16.8 Å². The van der Waals surface area contributed by atoms with Gasteiger partial charge in [0.05, 0.1) is 17.6 Å². The van der Waals surface area contributed by atoms with Crippen molar-refractivity contribution >= 4 is 32.4 Å². The van der Waals surface area contributed by atoms with Crippen LogP contribution >= 0.6 is 0 Å². The molecule has 3 unspecified atom stereocenters. The fourth-order valence-electron chi connectivity index (χ4n) is 4.47. The minimum atomic E-state index is -4.56. The van der Waals surface area contributed by atoms with E-state index in [0.29, 0.717) is 22.0 Å². The molecule has 0 aliphatic heterocycles. The fourth-order valence-corrected chi connectivity index (χ4v) is 5.21. The van der Waals surface area contributed by atoms with Crippen LogP contribution in [-0.4, -0.2) is 50.5 Å². The molecule has 194 valence electrons. The van der Waals surface area contributed by atoms with Crippen LogP contribution in [0.4, 0.5) is 24.8 Å². The lowest BCUT2D eigenvalue weighted by atomic mass is 10.1. The highest BCUT2D eigenvalue weighted by atomic mass is 32.2. The van der Waals surface area contributed by atoms with Gasteiger partial charge >= 0.3 is 6.18 Å². The number of anilines is 2. The van der Waals surface area contributed by atoms with Crippen LogP contribution < -0.4 is 11.1 Å². The smallest absolute Gasteiger partial charge is 0.383 e. The Morgan fingerprint density at radius 1 is 1.24 bits per heavy atom. The summed E-state index contributed by atoms with van der Waals surface area (Å²) < 4.78 is 67.2. The normalized spacial score (nSPS) is 18.6. The van der Waals surface area contributed by atoms with Gasteiger partial charge in [-0.1, -0.05) is 0 Å². The summed E-state index contributed by atoms with van der Waals surface area (Å²) in [7, 11) is -3.61. The van der Waals surface area contributed by atoms with Crippen molar-refractivity contribution in [3.05, 3.63) is 60.3 Å². The summed E-state index contributed by atoms with van der Waals surface area (Å²) in [6.45, 7) is 3.38. The van der Waals surface area contributed by atoms with E-state index in [0.717, 1.165) is 15.2 Å². The molecule has 1 aliphatic carbocycles. The van der Waals surface area contributed by atoms with Gasteiger partial charge in [-0.3, -0.25) is 4.98 Å². The van der Waals surface area contributed by atoms with Gasteiger partial charge in [-0.25, -0.2) is 18.4 Å². The average molecular weight is 532 g/mol. The number of aromatic nitrogens is 5. The minimum Gasteiger partial charge on any atom is -0.383 e. The van der Waals surface area contributed by atoms with E-state index in [1.54, 1.807) is 18.5 Å². The summed E-state index contributed by atoms with van der Waals surface area (Å²) in [6, 6.07) is 3.21. The summed E-state index contributed by atoms with van der Waals surface area (Å²) >= 11 is 0. The third-order valence-electron chi connectivity index (χ3n) is 6.64. The van der Waals surface area contributed by atoms with Gasteiger partial charge in [-0.15, -0.1) is 0 Å². The first-order valence-corrected chi connectivity index (χ1v) is 13.2. The summed E-state index contributed by atoms with van der Waals surface area (Å²) in [5.74, 6) is -1.17. The lowest BCUT2D eigenvalue weighted by molar-refractivity contribution is -0.147. The molecule has 4 aromatic rings. The van der Waals surface area contributed by atoms with E-state index in [9.17, 15) is 21.6 Å². The molecule has 4 aromatic heterocycles. The maximum atomic E-state index is 14.1. The molecule has 3 N–H and O–H groups in total. The van der Waals surface area contributed by atoms with Crippen molar-refractivity contribution in [2.24, 2.45) is 5.92 Å². The minimum absolute atomic E-state index is 0.0455. The first-order chi connectivity index (χ1) is 17.5. The van der Waals surface area contributed by atoms with Crippen LogP contribution in [0.25, 0.3) is 22.0 Å². The number of halogens is 3. The van der Waals surface area contributed by atoms with Crippen molar-refractivity contribution in [3.63, 3.8) is 0 Å². The van der Waals surface area contributed by atoms with E-state index in [4.69, 9.17) is 5.73 Å². The van der Waals surface area contributed by atoms with Gasteiger partial charge in [0.2, 0.25) is 0 Å². The molecule has 0 saturated heterocycles. The fraction of sp³-hybridized carbons (Fsp3) is 0.333. The molecule has 0 amide bonds. The molecular formula is C24H24F3N7O2S. The largest absolute Gasteiger partial charge is 0.408 e. The van der Waals surface area contributed by atoms with Crippen LogP contribution in [0.5, 0.6) is 0 Å². The summed E-state index contributed by atoms with van der Waals surface area (Å²) in [5, 5.41) is 7.50. The van der Waals surface area contributed by atoms with E-state index >= 15 is 0 Å². The molecule has 0 bridgehead atoms. The molecule has 0 spiro atoms. The Morgan fingerprint density at radius 3 is 2.73 bits per heavy atom. The van der Waals surface area contributed by atoms with Gasteiger partial charge in [0.1, 0.15) is 17.7 Å². The standard InChI is InChI=1S/C24H24F3N7O2S/c1-3-37(35,36)34-12-15(9-31-34)16-8-17(16)22(24(25,26)27)33-21-7-14-6-20(18-10-29-5-4-13(18)2)32-23(28)19(14)11-30-21/h4-7,9-12,16-17,22H,3,8H2,1-2H3,(H2,28,32)(H,30,33). The van der Waals surface area contributed by atoms with Crippen molar-refractivity contribution in [2.45, 2.75) is 38.4 Å². The van der Waals surface area contributed by atoms with Gasteiger partial charge in [0.15, 0.2) is 0 Å².